The van der Waals surface area contributed by atoms with Crippen LogP contribution in [0.2, 0.25) is 5.02 Å². The Morgan fingerprint density at radius 2 is 1.74 bits per heavy atom. The number of carbonyl (C=O) groups excluding carboxylic acids is 1. The van der Waals surface area contributed by atoms with Gasteiger partial charge in [0.25, 0.3) is 0 Å². The zero-order valence-electron chi connectivity index (χ0n) is 14.6. The Morgan fingerprint density at radius 3 is 2.37 bits per heavy atom. The Hall–Kier alpha value is -3.32. The van der Waals surface area contributed by atoms with Crippen molar-refractivity contribution >= 4 is 46.3 Å². The smallest absolute Gasteiger partial charge is 0.338 e. The van der Waals surface area contributed by atoms with E-state index in [4.69, 9.17) is 22.1 Å². The predicted octanol–water partition coefficient (Wildman–Crippen LogP) is 4.38. The predicted molar refractivity (Wildman–Crippen MR) is 107 cm³/mol. The summed E-state index contributed by atoms with van der Waals surface area (Å²) >= 11 is 5.99. The number of hydrogen-bond donors (Lipinski definition) is 3. The molecule has 0 aliphatic carbocycles. The van der Waals surface area contributed by atoms with E-state index in [1.54, 1.807) is 43.3 Å². The highest BCUT2D eigenvalue weighted by Gasteiger charge is 2.10. The molecule has 0 spiro atoms. The molecule has 0 fully saturated rings. The minimum absolute atomic E-state index is 0.332. The fourth-order valence-corrected chi connectivity index (χ4v) is 2.53. The number of carbonyl (C=O) groups is 1. The van der Waals surface area contributed by atoms with E-state index in [2.05, 4.69) is 20.6 Å². The number of esters is 1. The Morgan fingerprint density at radius 1 is 1.07 bits per heavy atom. The minimum atomic E-state index is -0.362. The van der Waals surface area contributed by atoms with Crippen LogP contribution in [0.4, 0.5) is 28.7 Å². The quantitative estimate of drug-likeness (QED) is 0.543. The van der Waals surface area contributed by atoms with Gasteiger partial charge < -0.3 is 21.1 Å². The van der Waals surface area contributed by atoms with Crippen LogP contribution in [0.25, 0.3) is 0 Å². The van der Waals surface area contributed by atoms with Crippen molar-refractivity contribution in [3.8, 4) is 0 Å². The van der Waals surface area contributed by atoms with Gasteiger partial charge in [-0.3, -0.25) is 0 Å². The van der Waals surface area contributed by atoms with E-state index >= 15 is 0 Å². The lowest BCUT2D eigenvalue weighted by molar-refractivity contribution is 0.0526. The second-order valence-corrected chi connectivity index (χ2v) is 5.98. The first-order chi connectivity index (χ1) is 13.1. The first kappa shape index (κ1) is 18.5. The molecule has 1 heterocycles. The molecule has 0 radical (unpaired) electrons. The number of nitrogens with two attached hydrogens (primary N) is 1. The fraction of sp³-hybridized carbons (Fsp3) is 0.105. The van der Waals surface area contributed by atoms with Gasteiger partial charge in [-0.25, -0.2) is 14.8 Å². The van der Waals surface area contributed by atoms with Crippen LogP contribution < -0.4 is 16.4 Å². The van der Waals surface area contributed by atoms with Crippen LogP contribution in [0, 0.1) is 0 Å². The van der Waals surface area contributed by atoms with E-state index < -0.39 is 0 Å². The molecule has 138 valence electrons. The molecule has 3 rings (SSSR count). The molecule has 0 saturated carbocycles. The molecule has 0 aliphatic heterocycles. The molecule has 8 heteroatoms. The summed E-state index contributed by atoms with van der Waals surface area (Å²) in [7, 11) is 0. The summed E-state index contributed by atoms with van der Waals surface area (Å²) in [6.07, 6.45) is 1.40. The molecular weight excluding hydrogens is 366 g/mol. The maximum atomic E-state index is 11.7. The number of anilines is 5. The molecule has 1 aromatic heterocycles. The number of aromatic nitrogens is 2. The molecule has 27 heavy (non-hydrogen) atoms. The Labute approximate surface area is 161 Å². The average molecular weight is 384 g/mol. The van der Waals surface area contributed by atoms with E-state index in [1.165, 1.54) is 6.33 Å². The zero-order chi connectivity index (χ0) is 19.2. The number of benzene rings is 2. The highest BCUT2D eigenvalue weighted by atomic mass is 35.5. The van der Waals surface area contributed by atoms with Gasteiger partial charge in [0.05, 0.1) is 12.2 Å². The minimum Gasteiger partial charge on any atom is -0.462 e. The van der Waals surface area contributed by atoms with Crippen molar-refractivity contribution in [3.05, 3.63) is 65.4 Å². The number of nitrogens with zero attached hydrogens (tertiary/aromatic N) is 2. The second kappa shape index (κ2) is 8.37. The van der Waals surface area contributed by atoms with Gasteiger partial charge in [0, 0.05) is 16.4 Å². The molecule has 0 unspecified atom stereocenters. The second-order valence-electron chi connectivity index (χ2n) is 5.54. The molecule has 0 amide bonds. The first-order valence-corrected chi connectivity index (χ1v) is 8.62. The van der Waals surface area contributed by atoms with Crippen LogP contribution in [-0.2, 0) is 4.74 Å². The zero-order valence-corrected chi connectivity index (χ0v) is 15.3. The lowest BCUT2D eigenvalue weighted by Gasteiger charge is -2.13. The highest BCUT2D eigenvalue weighted by Crippen LogP contribution is 2.28. The summed E-state index contributed by atoms with van der Waals surface area (Å²) in [6, 6.07) is 14.1. The van der Waals surface area contributed by atoms with Crippen LogP contribution in [0.1, 0.15) is 17.3 Å². The average Bonchev–Trinajstić information content (AvgIpc) is 2.66. The van der Waals surface area contributed by atoms with Gasteiger partial charge >= 0.3 is 5.97 Å². The van der Waals surface area contributed by atoms with Crippen molar-refractivity contribution in [3.63, 3.8) is 0 Å². The van der Waals surface area contributed by atoms with Gasteiger partial charge in [0.1, 0.15) is 12.0 Å². The maximum Gasteiger partial charge on any atom is 0.338 e. The molecule has 3 aromatic rings. The summed E-state index contributed by atoms with van der Waals surface area (Å²) in [5.74, 6) is 0.537. The highest BCUT2D eigenvalue weighted by molar-refractivity contribution is 6.30. The van der Waals surface area contributed by atoms with Gasteiger partial charge in [0.2, 0.25) is 0 Å². The summed E-state index contributed by atoms with van der Waals surface area (Å²) in [5.41, 5.74) is 8.49. The Kier molecular flexibility index (Phi) is 5.73. The summed E-state index contributed by atoms with van der Waals surface area (Å²) in [4.78, 5) is 20.1. The van der Waals surface area contributed by atoms with E-state index in [9.17, 15) is 4.79 Å². The van der Waals surface area contributed by atoms with Gasteiger partial charge in [-0.05, 0) is 49.4 Å². The number of rotatable bonds is 6. The molecule has 0 aliphatic rings. The standard InChI is InChI=1S/C19H18ClN5O2/c1-2-27-19(26)12-6-8-14(9-7-12)24-17-16(21)18(23-11-22-17)25-15-5-3-4-13(20)10-15/h3-11H,2,21H2,1H3,(H2,22,23,24,25). The topological polar surface area (TPSA) is 102 Å². The van der Waals surface area contributed by atoms with Crippen LogP contribution in [0.5, 0.6) is 0 Å². The third-order valence-electron chi connectivity index (χ3n) is 3.63. The molecule has 0 atom stereocenters. The third-order valence-corrected chi connectivity index (χ3v) is 3.87. The van der Waals surface area contributed by atoms with E-state index in [0.29, 0.717) is 34.5 Å². The maximum absolute atomic E-state index is 11.7. The number of ether oxygens (including phenoxy) is 1. The molecule has 7 nitrogen and oxygen atoms in total. The first-order valence-electron chi connectivity index (χ1n) is 8.24. The van der Waals surface area contributed by atoms with Crippen LogP contribution >= 0.6 is 11.6 Å². The molecule has 4 N–H and O–H groups in total. The van der Waals surface area contributed by atoms with Crippen LogP contribution in [0.15, 0.2) is 54.9 Å². The van der Waals surface area contributed by atoms with Gasteiger partial charge in [-0.2, -0.15) is 0 Å². The molecule has 2 aromatic carbocycles. The van der Waals surface area contributed by atoms with E-state index in [-0.39, 0.29) is 5.97 Å². The number of halogens is 1. The van der Waals surface area contributed by atoms with Crippen LogP contribution in [0.3, 0.4) is 0 Å². The lowest BCUT2D eigenvalue weighted by Crippen LogP contribution is -2.06. The van der Waals surface area contributed by atoms with E-state index in [1.807, 2.05) is 12.1 Å². The summed E-state index contributed by atoms with van der Waals surface area (Å²) in [5, 5.41) is 6.83. The van der Waals surface area contributed by atoms with Gasteiger partial charge in [-0.15, -0.1) is 0 Å². The van der Waals surface area contributed by atoms with Crippen molar-refractivity contribution in [2.24, 2.45) is 0 Å². The van der Waals surface area contributed by atoms with Gasteiger partial charge in [0.15, 0.2) is 11.6 Å². The van der Waals surface area contributed by atoms with Crippen LogP contribution in [-0.4, -0.2) is 22.5 Å². The van der Waals surface area contributed by atoms with Crippen molar-refractivity contribution in [1.29, 1.82) is 0 Å². The Bertz CT molecular complexity index is 947. The van der Waals surface area contributed by atoms with Crippen molar-refractivity contribution in [2.75, 3.05) is 23.0 Å². The number of nitrogens with one attached hydrogen (secondary N) is 2. The number of hydrogen-bond acceptors (Lipinski definition) is 7. The SMILES string of the molecule is CCOC(=O)c1ccc(Nc2ncnc(Nc3cccc(Cl)c3)c2N)cc1. The lowest BCUT2D eigenvalue weighted by atomic mass is 10.2. The summed E-state index contributed by atoms with van der Waals surface area (Å²) in [6.45, 7) is 2.10. The van der Waals surface area contributed by atoms with Crippen molar-refractivity contribution in [1.82, 2.24) is 9.97 Å². The molecule has 0 bridgehead atoms. The molecule has 0 saturated heterocycles. The monoisotopic (exact) mass is 383 g/mol. The normalized spacial score (nSPS) is 10.3. The number of nitrogen functional groups attached to an aromatic ring is 1. The third kappa shape index (κ3) is 4.65. The largest absolute Gasteiger partial charge is 0.462 e. The van der Waals surface area contributed by atoms with Crippen molar-refractivity contribution in [2.45, 2.75) is 6.92 Å². The fourth-order valence-electron chi connectivity index (χ4n) is 2.34. The summed E-state index contributed by atoms with van der Waals surface area (Å²) < 4.78 is 4.97. The Balaban J connectivity index is 1.76. The van der Waals surface area contributed by atoms with Gasteiger partial charge in [-0.1, -0.05) is 17.7 Å². The molecular formula is C19H18ClN5O2. The van der Waals surface area contributed by atoms with E-state index in [0.717, 1.165) is 11.4 Å². The van der Waals surface area contributed by atoms with Crippen molar-refractivity contribution < 1.29 is 9.53 Å².